The molecule has 5 nitrogen and oxygen atoms in total. The van der Waals surface area contributed by atoms with Crippen LogP contribution < -0.4 is 0 Å². The highest BCUT2D eigenvalue weighted by molar-refractivity contribution is 5.79. The molecule has 0 saturated carbocycles. The average molecular weight is 309 g/mol. The zero-order chi connectivity index (χ0) is 15.9. The highest BCUT2D eigenvalue weighted by Crippen LogP contribution is 2.15. The molecule has 0 radical (unpaired) electrons. The summed E-state index contributed by atoms with van der Waals surface area (Å²) in [6.45, 7) is 1.14. The number of benzene rings is 1. The monoisotopic (exact) mass is 309 g/mol. The van der Waals surface area contributed by atoms with E-state index >= 15 is 0 Å². The topological polar surface area (TPSA) is 66.8 Å². The third-order valence-corrected chi connectivity index (χ3v) is 3.70. The van der Waals surface area contributed by atoms with E-state index in [2.05, 4.69) is 0 Å². The van der Waals surface area contributed by atoms with Crippen molar-refractivity contribution in [1.82, 2.24) is 4.90 Å². The Kier molecular flexibility index (Phi) is 5.89. The number of nitrogens with zero attached hydrogens (tertiary/aromatic N) is 1. The van der Waals surface area contributed by atoms with Crippen molar-refractivity contribution >= 4 is 11.9 Å². The minimum Gasteiger partial charge on any atom is -0.481 e. The molecular weight excluding hydrogens is 289 g/mol. The standard InChI is InChI=1S/C16H20FNO4/c17-14-6-2-1-4-12(14)10-15(19)18(8-7-16(20)21)11-13-5-3-9-22-13/h1-2,4,6,13H,3,5,7-11H2,(H,20,21)/t13-/m0/s1. The maximum absolute atomic E-state index is 13.6. The van der Waals surface area contributed by atoms with Crippen molar-refractivity contribution in [2.45, 2.75) is 31.8 Å². The second kappa shape index (κ2) is 7.89. The van der Waals surface area contributed by atoms with Gasteiger partial charge in [0.2, 0.25) is 5.91 Å². The first-order valence-electron chi connectivity index (χ1n) is 7.41. The Morgan fingerprint density at radius 3 is 2.77 bits per heavy atom. The summed E-state index contributed by atoms with van der Waals surface area (Å²) >= 11 is 0. The lowest BCUT2D eigenvalue weighted by Gasteiger charge is -2.25. The fraction of sp³-hybridized carbons (Fsp3) is 0.500. The number of rotatable bonds is 7. The number of carbonyl (C=O) groups excluding carboxylic acids is 1. The summed E-state index contributed by atoms with van der Waals surface area (Å²) in [7, 11) is 0. The number of hydrogen-bond donors (Lipinski definition) is 1. The lowest BCUT2D eigenvalue weighted by atomic mass is 10.1. The molecule has 1 heterocycles. The molecule has 6 heteroatoms. The van der Waals surface area contributed by atoms with Crippen LogP contribution >= 0.6 is 0 Å². The number of carbonyl (C=O) groups is 2. The molecule has 0 aliphatic carbocycles. The van der Waals surface area contributed by atoms with E-state index in [1.54, 1.807) is 18.2 Å². The minimum absolute atomic E-state index is 0.0571. The Morgan fingerprint density at radius 2 is 2.14 bits per heavy atom. The van der Waals surface area contributed by atoms with E-state index in [1.165, 1.54) is 11.0 Å². The van der Waals surface area contributed by atoms with Gasteiger partial charge < -0.3 is 14.7 Å². The number of aliphatic carboxylic acids is 1. The smallest absolute Gasteiger partial charge is 0.305 e. The van der Waals surface area contributed by atoms with E-state index in [-0.39, 0.29) is 31.4 Å². The third-order valence-electron chi connectivity index (χ3n) is 3.70. The third kappa shape index (κ3) is 4.80. The normalized spacial score (nSPS) is 17.4. The van der Waals surface area contributed by atoms with Gasteiger partial charge in [-0.2, -0.15) is 0 Å². The first-order chi connectivity index (χ1) is 10.6. The van der Waals surface area contributed by atoms with Gasteiger partial charge in [0.1, 0.15) is 5.82 Å². The summed E-state index contributed by atoms with van der Waals surface area (Å²) in [6.07, 6.45) is 1.54. The van der Waals surface area contributed by atoms with Crippen LogP contribution in [0, 0.1) is 5.82 Å². The molecule has 1 aliphatic rings. The summed E-state index contributed by atoms with van der Waals surface area (Å²) in [4.78, 5) is 24.6. The van der Waals surface area contributed by atoms with Gasteiger partial charge in [0.05, 0.1) is 18.9 Å². The first-order valence-corrected chi connectivity index (χ1v) is 7.41. The Balaban J connectivity index is 2.00. The minimum atomic E-state index is -0.962. The number of hydrogen-bond acceptors (Lipinski definition) is 3. The van der Waals surface area contributed by atoms with Gasteiger partial charge in [-0.15, -0.1) is 0 Å². The molecule has 1 fully saturated rings. The predicted octanol–water partition coefficient (Wildman–Crippen LogP) is 1.85. The van der Waals surface area contributed by atoms with Crippen LogP contribution in [0.2, 0.25) is 0 Å². The Labute approximate surface area is 128 Å². The molecule has 22 heavy (non-hydrogen) atoms. The Bertz CT molecular complexity index is 529. The van der Waals surface area contributed by atoms with Crippen molar-refractivity contribution in [2.24, 2.45) is 0 Å². The van der Waals surface area contributed by atoms with Crippen LogP contribution in [0.1, 0.15) is 24.8 Å². The average Bonchev–Trinajstić information content (AvgIpc) is 2.98. The zero-order valence-electron chi connectivity index (χ0n) is 12.3. The number of ether oxygens (including phenoxy) is 1. The van der Waals surface area contributed by atoms with Crippen LogP contribution in [-0.4, -0.2) is 47.7 Å². The molecule has 120 valence electrons. The van der Waals surface area contributed by atoms with Crippen molar-refractivity contribution in [3.05, 3.63) is 35.6 Å². The van der Waals surface area contributed by atoms with Gasteiger partial charge in [-0.1, -0.05) is 18.2 Å². The molecule has 1 aromatic carbocycles. The van der Waals surface area contributed by atoms with Crippen LogP contribution in [0.25, 0.3) is 0 Å². The van der Waals surface area contributed by atoms with Gasteiger partial charge in [0.25, 0.3) is 0 Å². The van der Waals surface area contributed by atoms with Gasteiger partial charge >= 0.3 is 5.97 Å². The van der Waals surface area contributed by atoms with Gasteiger partial charge in [0, 0.05) is 19.7 Å². The quantitative estimate of drug-likeness (QED) is 0.835. The molecule has 1 aromatic rings. The van der Waals surface area contributed by atoms with Crippen LogP contribution in [0.5, 0.6) is 0 Å². The van der Waals surface area contributed by atoms with E-state index in [1.807, 2.05) is 0 Å². The van der Waals surface area contributed by atoms with Gasteiger partial charge in [-0.05, 0) is 24.5 Å². The van der Waals surface area contributed by atoms with E-state index in [0.29, 0.717) is 18.7 Å². The van der Waals surface area contributed by atoms with Crippen molar-refractivity contribution in [3.8, 4) is 0 Å². The Hall–Kier alpha value is -1.95. The molecule has 0 aromatic heterocycles. The maximum atomic E-state index is 13.6. The number of halogens is 1. The number of carboxylic acid groups (broad SMARTS) is 1. The maximum Gasteiger partial charge on any atom is 0.305 e. The summed E-state index contributed by atoms with van der Waals surface area (Å²) in [5.74, 6) is -1.66. The molecule has 0 spiro atoms. The molecule has 1 atom stereocenters. The van der Waals surface area contributed by atoms with Gasteiger partial charge in [-0.3, -0.25) is 9.59 Å². The van der Waals surface area contributed by atoms with Crippen LogP contribution in [0.4, 0.5) is 4.39 Å². The lowest BCUT2D eigenvalue weighted by molar-refractivity contribution is -0.139. The number of carboxylic acids is 1. The summed E-state index contributed by atoms with van der Waals surface area (Å²) < 4.78 is 19.1. The largest absolute Gasteiger partial charge is 0.481 e. The van der Waals surface area contributed by atoms with Gasteiger partial charge in [-0.25, -0.2) is 4.39 Å². The predicted molar refractivity (Wildman–Crippen MR) is 77.9 cm³/mol. The van der Waals surface area contributed by atoms with Crippen molar-refractivity contribution < 1.29 is 23.8 Å². The lowest BCUT2D eigenvalue weighted by Crippen LogP contribution is -2.39. The van der Waals surface area contributed by atoms with Crippen LogP contribution in [-0.2, 0) is 20.7 Å². The summed E-state index contributed by atoms with van der Waals surface area (Å²) in [5.41, 5.74) is 0.320. The highest BCUT2D eigenvalue weighted by Gasteiger charge is 2.23. The second-order valence-electron chi connectivity index (χ2n) is 5.39. The molecule has 1 amide bonds. The van der Waals surface area contributed by atoms with Gasteiger partial charge in [0.15, 0.2) is 0 Å². The zero-order valence-corrected chi connectivity index (χ0v) is 12.3. The van der Waals surface area contributed by atoms with Crippen LogP contribution in [0.3, 0.4) is 0 Å². The van der Waals surface area contributed by atoms with E-state index < -0.39 is 11.8 Å². The van der Waals surface area contributed by atoms with Crippen LogP contribution in [0.15, 0.2) is 24.3 Å². The molecule has 1 N–H and O–H groups in total. The molecule has 2 rings (SSSR count). The van der Waals surface area contributed by atoms with Crippen molar-refractivity contribution in [1.29, 1.82) is 0 Å². The molecule has 1 saturated heterocycles. The fourth-order valence-electron chi connectivity index (χ4n) is 2.50. The van der Waals surface area contributed by atoms with Crippen molar-refractivity contribution in [3.63, 3.8) is 0 Å². The fourth-order valence-corrected chi connectivity index (χ4v) is 2.50. The highest BCUT2D eigenvalue weighted by atomic mass is 19.1. The SMILES string of the molecule is O=C(O)CCN(C[C@@H]1CCCO1)C(=O)Cc1ccccc1F. The molecule has 1 aliphatic heterocycles. The molecule has 0 bridgehead atoms. The Morgan fingerprint density at radius 1 is 1.36 bits per heavy atom. The van der Waals surface area contributed by atoms with E-state index in [0.717, 1.165) is 12.8 Å². The first kappa shape index (κ1) is 16.4. The van der Waals surface area contributed by atoms with Crippen molar-refractivity contribution in [2.75, 3.05) is 19.7 Å². The van der Waals surface area contributed by atoms with E-state index in [9.17, 15) is 14.0 Å². The second-order valence-corrected chi connectivity index (χ2v) is 5.39. The summed E-state index contributed by atoms with van der Waals surface area (Å²) in [5, 5.41) is 8.81. The number of amides is 1. The molecule has 0 unspecified atom stereocenters. The molecular formula is C16H20FNO4. The summed E-state index contributed by atoms with van der Waals surface area (Å²) in [6, 6.07) is 6.12. The van der Waals surface area contributed by atoms with E-state index in [4.69, 9.17) is 9.84 Å².